The molecule has 0 spiro atoms. The first kappa shape index (κ1) is 14.9. The minimum atomic E-state index is -0.568. The van der Waals surface area contributed by atoms with Crippen LogP contribution >= 0.6 is 0 Å². The molecule has 0 saturated heterocycles. The largest absolute Gasteiger partial charge is 0.475 e. The van der Waals surface area contributed by atoms with Gasteiger partial charge < -0.3 is 10.1 Å². The maximum absolute atomic E-state index is 11.5. The van der Waals surface area contributed by atoms with Crippen molar-refractivity contribution in [2.24, 2.45) is 5.92 Å². The van der Waals surface area contributed by atoms with E-state index >= 15 is 0 Å². The smallest absolute Gasteiger partial charge is 0.350 e. The molecule has 0 unspecified atom stereocenters. The summed E-state index contributed by atoms with van der Waals surface area (Å²) in [4.78, 5) is 21.6. The number of nitrogens with one attached hydrogen (secondary N) is 1. The molecular weight excluding hydrogens is 252 g/mol. The van der Waals surface area contributed by atoms with Gasteiger partial charge in [0.1, 0.15) is 6.20 Å². The van der Waals surface area contributed by atoms with Gasteiger partial charge in [-0.2, -0.15) is 0 Å². The minimum absolute atomic E-state index is 0.0485. The molecular formula is C11H18N4O4. The molecule has 0 aromatic carbocycles. The lowest BCUT2D eigenvalue weighted by atomic mass is 10.2. The molecule has 0 radical (unpaired) electrons. The van der Waals surface area contributed by atoms with E-state index in [2.05, 4.69) is 10.4 Å². The third kappa shape index (κ3) is 4.57. The normalized spacial score (nSPS) is 10.5. The molecule has 106 valence electrons. The summed E-state index contributed by atoms with van der Waals surface area (Å²) in [7, 11) is 1.31. The Hall–Kier alpha value is -2.12. The Morgan fingerprint density at radius 3 is 2.79 bits per heavy atom. The Labute approximate surface area is 110 Å². The molecule has 0 bridgehead atoms. The highest BCUT2D eigenvalue weighted by molar-refractivity contribution is 5.75. The van der Waals surface area contributed by atoms with Crippen LogP contribution in [0.2, 0.25) is 0 Å². The van der Waals surface area contributed by atoms with E-state index in [9.17, 15) is 14.9 Å². The number of amides is 1. The van der Waals surface area contributed by atoms with Crippen molar-refractivity contribution in [1.29, 1.82) is 0 Å². The predicted octanol–water partition coefficient (Wildman–Crippen LogP) is 0.962. The average Bonchev–Trinajstić information content (AvgIpc) is 2.77. The van der Waals surface area contributed by atoms with Crippen LogP contribution in [0.1, 0.15) is 20.3 Å². The predicted molar refractivity (Wildman–Crippen MR) is 67.9 cm³/mol. The quantitative estimate of drug-likeness (QED) is 0.587. The molecule has 0 aliphatic carbocycles. The number of aromatic nitrogens is 2. The fraction of sp³-hybridized carbons (Fsp3) is 0.636. The number of carbonyl (C=O) groups is 1. The lowest BCUT2D eigenvalue weighted by molar-refractivity contribution is -0.385. The summed E-state index contributed by atoms with van der Waals surface area (Å²) in [5.74, 6) is 0.230. The highest BCUT2D eigenvalue weighted by Gasteiger charge is 2.20. The molecule has 0 aliphatic rings. The second kappa shape index (κ2) is 6.72. The molecule has 0 atom stereocenters. The minimum Gasteiger partial charge on any atom is -0.475 e. The Balaban J connectivity index is 2.54. The summed E-state index contributed by atoms with van der Waals surface area (Å²) >= 11 is 0. The number of ether oxygens (including phenoxy) is 1. The van der Waals surface area contributed by atoms with Gasteiger partial charge in [0.15, 0.2) is 0 Å². The molecule has 1 aromatic heterocycles. The van der Waals surface area contributed by atoms with Crippen LogP contribution in [0.3, 0.4) is 0 Å². The zero-order chi connectivity index (χ0) is 14.4. The Morgan fingerprint density at radius 1 is 1.63 bits per heavy atom. The van der Waals surface area contributed by atoms with Crippen LogP contribution in [0.5, 0.6) is 5.88 Å². The molecule has 1 rings (SSSR count). The molecule has 8 nitrogen and oxygen atoms in total. The van der Waals surface area contributed by atoms with Gasteiger partial charge in [-0.3, -0.25) is 19.6 Å². The number of nitro groups is 1. The van der Waals surface area contributed by atoms with Gasteiger partial charge in [-0.15, -0.1) is 5.10 Å². The van der Waals surface area contributed by atoms with Gasteiger partial charge in [0.05, 0.1) is 18.6 Å². The van der Waals surface area contributed by atoms with Crippen LogP contribution in [0.4, 0.5) is 5.69 Å². The highest BCUT2D eigenvalue weighted by atomic mass is 16.6. The molecule has 1 amide bonds. The van der Waals surface area contributed by atoms with Gasteiger partial charge in [-0.25, -0.2) is 0 Å². The maximum atomic E-state index is 11.5. The van der Waals surface area contributed by atoms with Crippen molar-refractivity contribution >= 4 is 11.6 Å². The summed E-state index contributed by atoms with van der Waals surface area (Å²) in [6, 6.07) is 0. The van der Waals surface area contributed by atoms with Crippen LogP contribution in [-0.4, -0.2) is 34.3 Å². The topological polar surface area (TPSA) is 99.3 Å². The summed E-state index contributed by atoms with van der Waals surface area (Å²) in [5.41, 5.74) is -0.204. The fourth-order valence-corrected chi connectivity index (χ4v) is 1.40. The van der Waals surface area contributed by atoms with E-state index in [1.807, 2.05) is 13.8 Å². The van der Waals surface area contributed by atoms with Gasteiger partial charge in [-0.05, 0) is 5.92 Å². The van der Waals surface area contributed by atoms with Crippen molar-refractivity contribution in [3.05, 3.63) is 16.3 Å². The van der Waals surface area contributed by atoms with Gasteiger partial charge in [0, 0.05) is 13.0 Å². The second-order valence-corrected chi connectivity index (χ2v) is 4.49. The molecule has 1 aromatic rings. The SMILES string of the molecule is COc1nn(CCC(=O)NCC(C)C)cc1[N+](=O)[O-]. The lowest BCUT2D eigenvalue weighted by Crippen LogP contribution is -2.28. The second-order valence-electron chi connectivity index (χ2n) is 4.49. The molecule has 8 heteroatoms. The van der Waals surface area contributed by atoms with Crippen molar-refractivity contribution in [1.82, 2.24) is 15.1 Å². The van der Waals surface area contributed by atoms with Gasteiger partial charge in [0.25, 0.3) is 0 Å². The fourth-order valence-electron chi connectivity index (χ4n) is 1.40. The molecule has 19 heavy (non-hydrogen) atoms. The third-order valence-corrected chi connectivity index (χ3v) is 2.38. The van der Waals surface area contributed by atoms with E-state index in [4.69, 9.17) is 4.74 Å². The Bertz CT molecular complexity index is 456. The molecule has 1 N–H and O–H groups in total. The Morgan fingerprint density at radius 2 is 2.32 bits per heavy atom. The van der Waals surface area contributed by atoms with Gasteiger partial charge in [0.2, 0.25) is 5.91 Å². The van der Waals surface area contributed by atoms with E-state index in [1.165, 1.54) is 18.0 Å². The number of methoxy groups -OCH3 is 1. The zero-order valence-electron chi connectivity index (χ0n) is 11.3. The number of nitrogens with zero attached hydrogens (tertiary/aromatic N) is 3. The standard InChI is InChI=1S/C11H18N4O4/c1-8(2)6-12-10(16)4-5-14-7-9(15(17)18)11(13-14)19-3/h7-8H,4-6H2,1-3H3,(H,12,16). The summed E-state index contributed by atoms with van der Waals surface area (Å²) in [6.45, 7) is 4.89. The van der Waals surface area contributed by atoms with Crippen molar-refractivity contribution in [3.63, 3.8) is 0 Å². The number of rotatable bonds is 7. The van der Waals surface area contributed by atoms with E-state index < -0.39 is 4.92 Å². The average molecular weight is 270 g/mol. The summed E-state index contributed by atoms with van der Waals surface area (Å²) < 4.78 is 6.14. The van der Waals surface area contributed by atoms with E-state index in [0.717, 1.165) is 0 Å². The lowest BCUT2D eigenvalue weighted by Gasteiger charge is -2.07. The van der Waals surface area contributed by atoms with Crippen molar-refractivity contribution in [2.75, 3.05) is 13.7 Å². The van der Waals surface area contributed by atoms with E-state index in [0.29, 0.717) is 12.5 Å². The summed E-state index contributed by atoms with van der Waals surface area (Å²) in [6.07, 6.45) is 1.48. The van der Waals surface area contributed by atoms with Crippen LogP contribution < -0.4 is 10.1 Å². The number of hydrogen-bond acceptors (Lipinski definition) is 5. The molecule has 0 fully saturated rings. The highest BCUT2D eigenvalue weighted by Crippen LogP contribution is 2.23. The van der Waals surface area contributed by atoms with Crippen LogP contribution in [0, 0.1) is 16.0 Å². The van der Waals surface area contributed by atoms with Crippen molar-refractivity contribution < 1.29 is 14.5 Å². The van der Waals surface area contributed by atoms with Crippen molar-refractivity contribution in [3.8, 4) is 5.88 Å². The van der Waals surface area contributed by atoms with Gasteiger partial charge in [-0.1, -0.05) is 13.8 Å². The molecule has 1 heterocycles. The number of hydrogen-bond donors (Lipinski definition) is 1. The number of aryl methyl sites for hydroxylation is 1. The molecule has 0 aliphatic heterocycles. The molecule has 0 saturated carbocycles. The van der Waals surface area contributed by atoms with Crippen LogP contribution in [0.25, 0.3) is 0 Å². The van der Waals surface area contributed by atoms with Gasteiger partial charge >= 0.3 is 11.6 Å². The zero-order valence-corrected chi connectivity index (χ0v) is 11.3. The maximum Gasteiger partial charge on any atom is 0.350 e. The first-order valence-electron chi connectivity index (χ1n) is 5.96. The van der Waals surface area contributed by atoms with E-state index in [1.54, 1.807) is 0 Å². The van der Waals surface area contributed by atoms with Crippen LogP contribution in [0.15, 0.2) is 6.20 Å². The monoisotopic (exact) mass is 270 g/mol. The first-order chi connectivity index (χ1) is 8.93. The van der Waals surface area contributed by atoms with Crippen molar-refractivity contribution in [2.45, 2.75) is 26.8 Å². The van der Waals surface area contributed by atoms with Crippen LogP contribution in [-0.2, 0) is 11.3 Å². The first-order valence-corrected chi connectivity index (χ1v) is 5.96. The third-order valence-electron chi connectivity index (χ3n) is 2.38. The Kier molecular flexibility index (Phi) is 5.28. The van der Waals surface area contributed by atoms with E-state index in [-0.39, 0.29) is 30.4 Å². The number of carbonyl (C=O) groups excluding carboxylic acids is 1. The summed E-state index contributed by atoms with van der Waals surface area (Å²) in [5, 5.41) is 17.4.